The smallest absolute Gasteiger partial charge is 0.176 e. The molecule has 4 heteroatoms. The van der Waals surface area contributed by atoms with Gasteiger partial charge < -0.3 is 9.47 Å². The first-order valence-corrected chi connectivity index (χ1v) is 7.79. The van der Waals surface area contributed by atoms with Crippen molar-refractivity contribution in [2.24, 2.45) is 0 Å². The molecule has 0 bridgehead atoms. The largest absolute Gasteiger partial charge is 0.493 e. The number of halogens is 1. The number of hydrogen-bond donors (Lipinski definition) is 0. The lowest BCUT2D eigenvalue weighted by Gasteiger charge is -2.10. The van der Waals surface area contributed by atoms with Gasteiger partial charge in [-0.1, -0.05) is 34.1 Å². The molecule has 0 N–H and O–H groups in total. The van der Waals surface area contributed by atoms with Crippen molar-refractivity contribution < 1.29 is 14.0 Å². The molecule has 0 aliphatic rings. The van der Waals surface area contributed by atoms with Crippen LogP contribution in [0.4, 0.5) is 0 Å². The van der Waals surface area contributed by atoms with E-state index in [-0.39, 0.29) is 0 Å². The quantitative estimate of drug-likeness (QED) is 0.658. The Morgan fingerprint density at radius 1 is 0.955 bits per heavy atom. The highest BCUT2D eigenvalue weighted by atomic mass is 79.9. The number of nitrogens with zero attached hydrogens (tertiary/aromatic N) is 1. The van der Waals surface area contributed by atoms with E-state index in [4.69, 9.17) is 9.47 Å². The van der Waals surface area contributed by atoms with Crippen molar-refractivity contribution in [2.75, 3.05) is 14.2 Å². The summed E-state index contributed by atoms with van der Waals surface area (Å²) in [6, 6.07) is 14.4. The van der Waals surface area contributed by atoms with Gasteiger partial charge in [0.15, 0.2) is 30.4 Å². The van der Waals surface area contributed by atoms with Gasteiger partial charge in [-0.25, -0.2) is 4.57 Å². The van der Waals surface area contributed by atoms with Gasteiger partial charge in [-0.2, -0.15) is 0 Å². The summed E-state index contributed by atoms with van der Waals surface area (Å²) < 4.78 is 13.9. The van der Waals surface area contributed by atoms with Gasteiger partial charge in [-0.05, 0) is 23.6 Å². The summed E-state index contributed by atoms with van der Waals surface area (Å²) in [7, 11) is 3.29. The minimum Gasteiger partial charge on any atom is -0.493 e. The van der Waals surface area contributed by atoms with Gasteiger partial charge in [0.05, 0.1) is 14.2 Å². The van der Waals surface area contributed by atoms with Crippen molar-refractivity contribution in [3.05, 3.63) is 64.9 Å². The Morgan fingerprint density at radius 3 is 2.36 bits per heavy atom. The van der Waals surface area contributed by atoms with E-state index in [9.17, 15) is 0 Å². The van der Waals surface area contributed by atoms with Crippen LogP contribution in [0.1, 0.15) is 5.56 Å². The highest BCUT2D eigenvalue weighted by Gasteiger charge is 2.13. The lowest BCUT2D eigenvalue weighted by Crippen LogP contribution is -2.33. The molecule has 3 nitrogen and oxygen atoms in total. The topological polar surface area (TPSA) is 22.3 Å². The lowest BCUT2D eigenvalue weighted by molar-refractivity contribution is -0.687. The van der Waals surface area contributed by atoms with Crippen LogP contribution < -0.4 is 14.0 Å². The Balaban J connectivity index is 1.97. The van der Waals surface area contributed by atoms with Crippen molar-refractivity contribution in [3.8, 4) is 11.5 Å². The summed E-state index contributed by atoms with van der Waals surface area (Å²) in [5, 5.41) is 2.46. The van der Waals surface area contributed by atoms with Crippen molar-refractivity contribution in [3.63, 3.8) is 0 Å². The van der Waals surface area contributed by atoms with Crippen LogP contribution in [0.2, 0.25) is 0 Å². The van der Waals surface area contributed by atoms with Crippen molar-refractivity contribution >= 4 is 26.7 Å². The van der Waals surface area contributed by atoms with E-state index in [1.54, 1.807) is 14.2 Å². The maximum absolute atomic E-state index is 5.38. The van der Waals surface area contributed by atoms with Gasteiger partial charge in [0.2, 0.25) is 0 Å². The summed E-state index contributed by atoms with van der Waals surface area (Å²) in [4.78, 5) is 0. The Morgan fingerprint density at radius 2 is 1.64 bits per heavy atom. The molecule has 0 atom stereocenters. The zero-order valence-electron chi connectivity index (χ0n) is 12.5. The van der Waals surface area contributed by atoms with Crippen LogP contribution in [0, 0.1) is 0 Å². The number of methoxy groups -OCH3 is 2. The maximum atomic E-state index is 5.38. The number of fused-ring (bicyclic) bond motifs is 1. The molecule has 22 heavy (non-hydrogen) atoms. The first-order chi connectivity index (χ1) is 10.7. The molecule has 3 rings (SSSR count). The minimum atomic E-state index is 0.724. The fourth-order valence-electron chi connectivity index (χ4n) is 2.49. The van der Waals surface area contributed by atoms with Crippen molar-refractivity contribution in [1.29, 1.82) is 0 Å². The molecule has 0 fully saturated rings. The van der Waals surface area contributed by atoms with E-state index >= 15 is 0 Å². The number of ether oxygens (including phenoxy) is 2. The van der Waals surface area contributed by atoms with Gasteiger partial charge >= 0.3 is 0 Å². The molecule has 0 amide bonds. The average molecular weight is 359 g/mol. The van der Waals surface area contributed by atoms with E-state index in [1.165, 1.54) is 10.8 Å². The highest BCUT2D eigenvalue weighted by Crippen LogP contribution is 2.33. The first kappa shape index (κ1) is 14.9. The SMILES string of the molecule is COc1cc(Br)c(C[n+]2ccc3ccccc3c2)cc1OC. The minimum absolute atomic E-state index is 0.724. The summed E-state index contributed by atoms with van der Waals surface area (Å²) in [6.07, 6.45) is 4.24. The third kappa shape index (κ3) is 2.92. The van der Waals surface area contributed by atoms with E-state index < -0.39 is 0 Å². The third-order valence-corrected chi connectivity index (χ3v) is 4.39. The van der Waals surface area contributed by atoms with Crippen LogP contribution >= 0.6 is 15.9 Å². The van der Waals surface area contributed by atoms with Crippen LogP contribution in [-0.4, -0.2) is 14.2 Å². The molecule has 0 radical (unpaired) electrons. The molecule has 2 aromatic carbocycles. The Hall–Kier alpha value is -2.07. The second-order valence-corrected chi connectivity index (χ2v) is 5.90. The monoisotopic (exact) mass is 358 g/mol. The van der Waals surface area contributed by atoms with Crippen LogP contribution in [0.25, 0.3) is 10.8 Å². The first-order valence-electron chi connectivity index (χ1n) is 6.99. The van der Waals surface area contributed by atoms with Gasteiger partial charge in [0.1, 0.15) is 0 Å². The summed E-state index contributed by atoms with van der Waals surface area (Å²) in [5.41, 5.74) is 1.14. The van der Waals surface area contributed by atoms with E-state index in [0.717, 1.165) is 28.1 Å². The zero-order chi connectivity index (χ0) is 15.5. The number of aromatic nitrogens is 1. The predicted molar refractivity (Wildman–Crippen MR) is 90.5 cm³/mol. The fourth-order valence-corrected chi connectivity index (χ4v) is 2.94. The van der Waals surface area contributed by atoms with Gasteiger partial charge in [0.25, 0.3) is 0 Å². The van der Waals surface area contributed by atoms with E-state index in [2.05, 4.69) is 63.2 Å². The normalized spacial score (nSPS) is 10.7. The molecule has 0 saturated carbocycles. The van der Waals surface area contributed by atoms with Crippen LogP contribution in [0.3, 0.4) is 0 Å². The highest BCUT2D eigenvalue weighted by molar-refractivity contribution is 9.10. The number of benzene rings is 2. The number of hydrogen-bond acceptors (Lipinski definition) is 2. The summed E-state index contributed by atoms with van der Waals surface area (Å²) >= 11 is 3.61. The van der Waals surface area contributed by atoms with Crippen molar-refractivity contribution in [1.82, 2.24) is 0 Å². The second kappa shape index (κ2) is 6.36. The van der Waals surface area contributed by atoms with Gasteiger partial charge in [-0.15, -0.1) is 0 Å². The Labute approximate surface area is 138 Å². The molecule has 0 unspecified atom stereocenters. The standard InChI is InChI=1S/C18H17BrNO2/c1-21-17-9-15(16(19)10-18(17)22-2)12-20-8-7-13-5-3-4-6-14(13)11-20/h3-11H,12H2,1-2H3/q+1. The zero-order valence-corrected chi connectivity index (χ0v) is 14.1. The molecule has 0 spiro atoms. The molecule has 0 aliphatic carbocycles. The molecular formula is C18H17BrNO2+. The van der Waals surface area contributed by atoms with Crippen LogP contribution in [0.5, 0.6) is 11.5 Å². The van der Waals surface area contributed by atoms with Crippen molar-refractivity contribution in [2.45, 2.75) is 6.54 Å². The molecule has 1 aromatic heterocycles. The van der Waals surface area contributed by atoms with E-state index in [0.29, 0.717) is 0 Å². The second-order valence-electron chi connectivity index (χ2n) is 5.04. The molecule has 3 aromatic rings. The Bertz CT molecular complexity index is 817. The van der Waals surface area contributed by atoms with Crippen LogP contribution in [0.15, 0.2) is 59.3 Å². The average Bonchev–Trinajstić information content (AvgIpc) is 2.56. The number of rotatable bonds is 4. The summed E-state index contributed by atoms with van der Waals surface area (Å²) in [5.74, 6) is 1.46. The van der Waals surface area contributed by atoms with Gasteiger partial charge in [0, 0.05) is 21.5 Å². The van der Waals surface area contributed by atoms with Crippen LogP contribution in [-0.2, 0) is 6.54 Å². The predicted octanol–water partition coefficient (Wildman–Crippen LogP) is 3.96. The fraction of sp³-hybridized carbons (Fsp3) is 0.167. The molecule has 0 saturated heterocycles. The lowest BCUT2D eigenvalue weighted by atomic mass is 10.1. The Kier molecular flexibility index (Phi) is 4.29. The summed E-state index contributed by atoms with van der Waals surface area (Å²) in [6.45, 7) is 0.756. The molecular weight excluding hydrogens is 342 g/mol. The van der Waals surface area contributed by atoms with E-state index in [1.807, 2.05) is 12.1 Å². The molecule has 1 heterocycles. The maximum Gasteiger partial charge on any atom is 0.176 e. The molecule has 0 aliphatic heterocycles. The third-order valence-electron chi connectivity index (χ3n) is 3.65. The van der Waals surface area contributed by atoms with Gasteiger partial charge in [-0.3, -0.25) is 0 Å². The number of pyridine rings is 1. The molecule has 112 valence electrons.